The highest BCUT2D eigenvalue weighted by atomic mass is 16.6. The van der Waals surface area contributed by atoms with Gasteiger partial charge in [-0.2, -0.15) is 0 Å². The zero-order valence-corrected chi connectivity index (χ0v) is 14.8. The number of Topliss-reactive ketones (excluding diaryl/α,β-unsaturated/α-hetero) is 1. The first-order valence-electron chi connectivity index (χ1n) is 8.44. The van der Waals surface area contributed by atoms with Gasteiger partial charge in [0, 0.05) is 44.4 Å². The van der Waals surface area contributed by atoms with Crippen LogP contribution in [0, 0.1) is 10.1 Å². The first-order chi connectivity index (χ1) is 11.9. The number of piperazine rings is 1. The van der Waals surface area contributed by atoms with Gasteiger partial charge >= 0.3 is 5.69 Å². The van der Waals surface area contributed by atoms with E-state index in [1.54, 1.807) is 19.9 Å². The zero-order valence-electron chi connectivity index (χ0n) is 14.8. The van der Waals surface area contributed by atoms with E-state index in [1.807, 2.05) is 6.08 Å². The minimum absolute atomic E-state index is 0.114. The van der Waals surface area contributed by atoms with E-state index in [0.717, 1.165) is 32.7 Å². The van der Waals surface area contributed by atoms with Crippen LogP contribution in [-0.4, -0.2) is 65.9 Å². The molecule has 1 aromatic rings. The van der Waals surface area contributed by atoms with E-state index in [2.05, 4.69) is 16.4 Å². The summed E-state index contributed by atoms with van der Waals surface area (Å²) in [5, 5.41) is 11.3. The summed E-state index contributed by atoms with van der Waals surface area (Å²) < 4.78 is 5.45. The molecule has 0 aromatic heterocycles. The summed E-state index contributed by atoms with van der Waals surface area (Å²) in [5.74, 6) is 0.0750. The smallest absolute Gasteiger partial charge is 0.311 e. The van der Waals surface area contributed by atoms with Gasteiger partial charge in [0.1, 0.15) is 0 Å². The van der Waals surface area contributed by atoms with Gasteiger partial charge in [-0.25, -0.2) is 0 Å². The zero-order chi connectivity index (χ0) is 18.4. The predicted molar refractivity (Wildman–Crippen MR) is 96.3 cm³/mol. The molecule has 7 nitrogen and oxygen atoms in total. The molecule has 7 heteroatoms. The maximum Gasteiger partial charge on any atom is 0.311 e. The maximum atomic E-state index is 12.5. The quantitative estimate of drug-likeness (QED) is 0.311. The number of carbonyl (C=O) groups is 1. The second-order valence-electron chi connectivity index (χ2n) is 6.39. The highest BCUT2D eigenvalue weighted by molar-refractivity contribution is 5.98. The highest BCUT2D eigenvalue weighted by Gasteiger charge is 2.22. The van der Waals surface area contributed by atoms with E-state index in [1.165, 1.54) is 12.1 Å². The molecule has 25 heavy (non-hydrogen) atoms. The number of benzene rings is 1. The average molecular weight is 347 g/mol. The Bertz CT molecular complexity index is 637. The molecule has 1 fully saturated rings. The molecular weight excluding hydrogens is 322 g/mol. The van der Waals surface area contributed by atoms with Crippen LogP contribution in [0.3, 0.4) is 0 Å². The van der Waals surface area contributed by atoms with Crippen LogP contribution >= 0.6 is 0 Å². The molecule has 0 amide bonds. The molecule has 0 radical (unpaired) electrons. The first-order valence-corrected chi connectivity index (χ1v) is 8.44. The van der Waals surface area contributed by atoms with Crippen LogP contribution in [0.1, 0.15) is 24.2 Å². The molecule has 1 aliphatic rings. The standard InChI is InChI=1S/C18H25N3O4/c1-4-7-19-8-10-20(11-9-19)13-17(22)15-5-6-18(25-14(2)3)16(12-15)21(23)24/h4-6,12,14H,1,7-11,13H2,2-3H3. The molecule has 1 heterocycles. The Kier molecular flexibility index (Phi) is 6.66. The summed E-state index contributed by atoms with van der Waals surface area (Å²) in [4.78, 5) is 27.6. The number of hydrogen-bond acceptors (Lipinski definition) is 6. The Hall–Kier alpha value is -2.25. The van der Waals surface area contributed by atoms with Crippen LogP contribution < -0.4 is 4.74 Å². The van der Waals surface area contributed by atoms with Crippen molar-refractivity contribution < 1.29 is 14.5 Å². The fraction of sp³-hybridized carbons (Fsp3) is 0.500. The molecule has 2 rings (SSSR count). The van der Waals surface area contributed by atoms with Crippen LogP contribution in [0.4, 0.5) is 5.69 Å². The SMILES string of the molecule is C=CCN1CCN(CC(=O)c2ccc(OC(C)C)c([N+](=O)[O-])c2)CC1. The van der Waals surface area contributed by atoms with Crippen LogP contribution in [0.15, 0.2) is 30.9 Å². The van der Waals surface area contributed by atoms with E-state index in [4.69, 9.17) is 4.74 Å². The molecule has 0 aliphatic carbocycles. The van der Waals surface area contributed by atoms with Crippen LogP contribution in [0.5, 0.6) is 5.75 Å². The van der Waals surface area contributed by atoms with E-state index in [9.17, 15) is 14.9 Å². The van der Waals surface area contributed by atoms with Crippen molar-refractivity contribution in [1.82, 2.24) is 9.80 Å². The number of ketones is 1. The molecule has 136 valence electrons. The number of nitro groups is 1. The number of rotatable bonds is 8. The monoisotopic (exact) mass is 347 g/mol. The molecule has 1 aliphatic heterocycles. The lowest BCUT2D eigenvalue weighted by Gasteiger charge is -2.33. The topological polar surface area (TPSA) is 75.9 Å². The molecule has 1 saturated heterocycles. The van der Waals surface area contributed by atoms with E-state index < -0.39 is 4.92 Å². The lowest BCUT2D eigenvalue weighted by molar-refractivity contribution is -0.386. The molecule has 0 unspecified atom stereocenters. The van der Waals surface area contributed by atoms with Gasteiger partial charge in [-0.05, 0) is 26.0 Å². The maximum absolute atomic E-state index is 12.5. The third-order valence-electron chi connectivity index (χ3n) is 4.06. The molecule has 0 atom stereocenters. The normalized spacial score (nSPS) is 16.0. The van der Waals surface area contributed by atoms with Crippen molar-refractivity contribution in [2.75, 3.05) is 39.3 Å². The van der Waals surface area contributed by atoms with Gasteiger partial charge in [0.2, 0.25) is 0 Å². The lowest BCUT2D eigenvalue weighted by atomic mass is 10.1. The van der Waals surface area contributed by atoms with E-state index >= 15 is 0 Å². The number of carbonyl (C=O) groups excluding carboxylic acids is 1. The van der Waals surface area contributed by atoms with Crippen molar-refractivity contribution >= 4 is 11.5 Å². The van der Waals surface area contributed by atoms with E-state index in [0.29, 0.717) is 5.56 Å². The largest absolute Gasteiger partial charge is 0.484 e. The number of ether oxygens (including phenoxy) is 1. The van der Waals surface area contributed by atoms with E-state index in [-0.39, 0.29) is 29.9 Å². The Morgan fingerprint density at radius 1 is 1.32 bits per heavy atom. The molecule has 0 spiro atoms. The molecule has 1 aromatic carbocycles. The third kappa shape index (κ3) is 5.37. The number of nitrogens with zero attached hydrogens (tertiary/aromatic N) is 3. The number of nitro benzene ring substituents is 1. The van der Waals surface area contributed by atoms with Crippen LogP contribution in [0.25, 0.3) is 0 Å². The van der Waals surface area contributed by atoms with Crippen molar-refractivity contribution in [3.8, 4) is 5.75 Å². The fourth-order valence-corrected chi connectivity index (χ4v) is 2.79. The summed E-state index contributed by atoms with van der Waals surface area (Å²) in [6, 6.07) is 4.42. The number of hydrogen-bond donors (Lipinski definition) is 0. The third-order valence-corrected chi connectivity index (χ3v) is 4.06. The second kappa shape index (κ2) is 8.73. The Labute approximate surface area is 148 Å². The van der Waals surface area contributed by atoms with Gasteiger partial charge in [-0.1, -0.05) is 6.08 Å². The van der Waals surface area contributed by atoms with Crippen LogP contribution in [0.2, 0.25) is 0 Å². The van der Waals surface area contributed by atoms with Crippen molar-refractivity contribution in [2.24, 2.45) is 0 Å². The second-order valence-corrected chi connectivity index (χ2v) is 6.39. The Morgan fingerprint density at radius 2 is 1.96 bits per heavy atom. The summed E-state index contributed by atoms with van der Waals surface area (Å²) in [6.07, 6.45) is 1.70. The van der Waals surface area contributed by atoms with Crippen molar-refractivity contribution in [3.05, 3.63) is 46.5 Å². The summed E-state index contributed by atoms with van der Waals surface area (Å²) in [6.45, 7) is 11.8. The minimum Gasteiger partial charge on any atom is -0.484 e. The van der Waals surface area contributed by atoms with Crippen molar-refractivity contribution in [1.29, 1.82) is 0 Å². The summed E-state index contributed by atoms with van der Waals surface area (Å²) >= 11 is 0. The van der Waals surface area contributed by atoms with Gasteiger partial charge in [0.05, 0.1) is 17.6 Å². The highest BCUT2D eigenvalue weighted by Crippen LogP contribution is 2.29. The van der Waals surface area contributed by atoms with Crippen LogP contribution in [-0.2, 0) is 0 Å². The van der Waals surface area contributed by atoms with Gasteiger partial charge < -0.3 is 4.74 Å². The van der Waals surface area contributed by atoms with Gasteiger partial charge in [-0.15, -0.1) is 6.58 Å². The summed E-state index contributed by atoms with van der Waals surface area (Å²) in [5.41, 5.74) is 0.173. The minimum atomic E-state index is -0.511. The summed E-state index contributed by atoms with van der Waals surface area (Å²) in [7, 11) is 0. The predicted octanol–water partition coefficient (Wildman–Crippen LogP) is 2.37. The Morgan fingerprint density at radius 3 is 2.52 bits per heavy atom. The molecule has 0 N–H and O–H groups in total. The Balaban J connectivity index is 2.03. The van der Waals surface area contributed by atoms with Gasteiger partial charge in [0.25, 0.3) is 0 Å². The van der Waals surface area contributed by atoms with Gasteiger partial charge in [-0.3, -0.25) is 24.7 Å². The molecular formula is C18H25N3O4. The van der Waals surface area contributed by atoms with Crippen molar-refractivity contribution in [3.63, 3.8) is 0 Å². The molecule has 0 bridgehead atoms. The average Bonchev–Trinajstić information content (AvgIpc) is 2.56. The van der Waals surface area contributed by atoms with Gasteiger partial charge in [0.15, 0.2) is 11.5 Å². The lowest BCUT2D eigenvalue weighted by Crippen LogP contribution is -2.47. The molecule has 0 saturated carbocycles. The van der Waals surface area contributed by atoms with Crippen molar-refractivity contribution in [2.45, 2.75) is 20.0 Å². The fourth-order valence-electron chi connectivity index (χ4n) is 2.79. The first kappa shape index (κ1) is 19.1.